The number of carbonyl (C=O) groups is 2. The molecule has 1 aromatic rings. The van der Waals surface area contributed by atoms with Crippen LogP contribution in [-0.2, 0) is 26.0 Å². The minimum atomic E-state index is -3.34. The molecule has 0 bridgehead atoms. The van der Waals surface area contributed by atoms with Crippen molar-refractivity contribution in [2.45, 2.75) is 51.5 Å². The molecule has 3 rings (SSSR count). The number of ether oxygens (including phenoxy) is 1. The Bertz CT molecular complexity index is 1280. The van der Waals surface area contributed by atoms with Crippen LogP contribution in [0.4, 0.5) is 13.2 Å². The van der Waals surface area contributed by atoms with E-state index < -0.39 is 21.6 Å². The summed E-state index contributed by atoms with van der Waals surface area (Å²) in [6, 6.07) is 4.31. The number of alkyl halides is 2. The van der Waals surface area contributed by atoms with Crippen molar-refractivity contribution in [2.24, 2.45) is 5.92 Å². The largest absolute Gasteiger partial charge is 0.457 e. The monoisotopic (exact) mass is 597 g/mol. The lowest BCUT2D eigenvalue weighted by atomic mass is 9.84. The molecule has 8 nitrogen and oxygen atoms in total. The van der Waals surface area contributed by atoms with Gasteiger partial charge in [-0.25, -0.2) is 21.6 Å². The molecule has 2 amide bonds. The molecular formula is C29H38F3N3O5S. The molecular weight excluding hydrogens is 559 g/mol. The van der Waals surface area contributed by atoms with Crippen LogP contribution in [-0.4, -0.2) is 74.9 Å². The van der Waals surface area contributed by atoms with E-state index in [2.05, 4.69) is 16.8 Å². The lowest BCUT2D eigenvalue weighted by Crippen LogP contribution is -2.50. The number of sulfone groups is 1. The molecule has 1 aromatic carbocycles. The number of nitrogens with one attached hydrogen (secondary N) is 1. The topological polar surface area (TPSA) is 96.0 Å². The van der Waals surface area contributed by atoms with Crippen molar-refractivity contribution in [1.29, 1.82) is 0 Å². The van der Waals surface area contributed by atoms with Crippen LogP contribution in [0.1, 0.15) is 44.6 Å². The Morgan fingerprint density at radius 3 is 2.39 bits per heavy atom. The van der Waals surface area contributed by atoms with Crippen LogP contribution in [0.3, 0.4) is 0 Å². The molecule has 0 atom stereocenters. The standard InChI is InChI=1S/C29H38F3N3O5S/c1-4-25(6-5-21(2)41(3,38)39)40-26-16-23(15-24(30)18-26)20-34-11-13-35(14-12-34)28(37)19-33-27(36)17-22-7-9-29(31,32)10-8-22/h4-6,15-16,18,22H,1,7-14,17,19-20H2,2-3H3,(H,33,36)/b21-5+,25-6+. The highest BCUT2D eigenvalue weighted by Crippen LogP contribution is 2.37. The van der Waals surface area contributed by atoms with Gasteiger partial charge in [-0.15, -0.1) is 0 Å². The van der Waals surface area contributed by atoms with Gasteiger partial charge in [-0.3, -0.25) is 14.5 Å². The average molecular weight is 598 g/mol. The van der Waals surface area contributed by atoms with E-state index in [9.17, 15) is 31.2 Å². The van der Waals surface area contributed by atoms with Crippen molar-refractivity contribution < 1.29 is 35.9 Å². The fourth-order valence-corrected chi connectivity index (χ4v) is 5.03. The second-order valence-electron chi connectivity index (χ2n) is 10.7. The summed E-state index contributed by atoms with van der Waals surface area (Å²) >= 11 is 0. The molecule has 1 N–H and O–H groups in total. The number of rotatable bonds is 11. The van der Waals surface area contributed by atoms with Gasteiger partial charge < -0.3 is 15.0 Å². The first-order chi connectivity index (χ1) is 19.2. The Morgan fingerprint density at radius 2 is 1.78 bits per heavy atom. The summed E-state index contributed by atoms with van der Waals surface area (Å²) in [5.41, 5.74) is 0.666. The molecule has 0 radical (unpaired) electrons. The van der Waals surface area contributed by atoms with Gasteiger partial charge in [0.25, 0.3) is 0 Å². The Kier molecular flexibility index (Phi) is 11.2. The van der Waals surface area contributed by atoms with Crippen molar-refractivity contribution in [3.63, 3.8) is 0 Å². The molecule has 12 heteroatoms. The van der Waals surface area contributed by atoms with E-state index in [1.165, 1.54) is 37.3 Å². The molecule has 41 heavy (non-hydrogen) atoms. The SMILES string of the molecule is C=C/C(=C\C=C(/C)S(C)(=O)=O)Oc1cc(F)cc(CN2CCN(C(=O)CNC(=O)CC3CCC(F)(F)CC3)CC2)c1. The van der Waals surface area contributed by atoms with E-state index in [1.54, 1.807) is 11.0 Å². The van der Waals surface area contributed by atoms with Crippen molar-refractivity contribution in [3.05, 3.63) is 65.1 Å². The number of nitrogens with zero attached hydrogens (tertiary/aromatic N) is 2. The second-order valence-corrected chi connectivity index (χ2v) is 12.8. The van der Waals surface area contributed by atoms with Gasteiger partial charge in [-0.2, -0.15) is 0 Å². The van der Waals surface area contributed by atoms with Gasteiger partial charge >= 0.3 is 0 Å². The van der Waals surface area contributed by atoms with E-state index >= 15 is 0 Å². The summed E-state index contributed by atoms with van der Waals surface area (Å²) < 4.78 is 69.8. The summed E-state index contributed by atoms with van der Waals surface area (Å²) in [6.07, 6.45) is 5.70. The van der Waals surface area contributed by atoms with E-state index in [-0.39, 0.29) is 60.0 Å². The number of carbonyl (C=O) groups excluding carboxylic acids is 2. The summed E-state index contributed by atoms with van der Waals surface area (Å²) in [6.45, 7) is 7.40. The highest BCUT2D eigenvalue weighted by atomic mass is 32.2. The number of halogens is 3. The zero-order valence-corrected chi connectivity index (χ0v) is 24.3. The molecule has 1 heterocycles. The molecule has 1 aliphatic heterocycles. The minimum absolute atomic E-state index is 0.0812. The third-order valence-electron chi connectivity index (χ3n) is 7.31. The Labute approximate surface area is 239 Å². The molecule has 226 valence electrons. The summed E-state index contributed by atoms with van der Waals surface area (Å²) in [5.74, 6) is -3.22. The molecule has 2 aliphatic rings. The zero-order chi connectivity index (χ0) is 30.2. The predicted octanol–water partition coefficient (Wildman–Crippen LogP) is 4.20. The summed E-state index contributed by atoms with van der Waals surface area (Å²) in [4.78, 5) is 28.7. The van der Waals surface area contributed by atoms with Crippen molar-refractivity contribution in [3.8, 4) is 5.75 Å². The third kappa shape index (κ3) is 10.7. The number of hydrogen-bond acceptors (Lipinski definition) is 6. The molecule has 0 unspecified atom stereocenters. The minimum Gasteiger partial charge on any atom is -0.457 e. The number of hydrogen-bond donors (Lipinski definition) is 1. The predicted molar refractivity (Wildman–Crippen MR) is 150 cm³/mol. The lowest BCUT2D eigenvalue weighted by Gasteiger charge is -2.35. The van der Waals surface area contributed by atoms with Crippen molar-refractivity contribution >= 4 is 21.7 Å². The van der Waals surface area contributed by atoms with Crippen LogP contribution in [0, 0.1) is 11.7 Å². The number of piperazine rings is 1. The average Bonchev–Trinajstić information content (AvgIpc) is 2.90. The van der Waals surface area contributed by atoms with Crippen LogP contribution in [0.2, 0.25) is 0 Å². The quantitative estimate of drug-likeness (QED) is 0.304. The van der Waals surface area contributed by atoms with E-state index in [0.29, 0.717) is 51.1 Å². The zero-order valence-electron chi connectivity index (χ0n) is 23.5. The lowest BCUT2D eigenvalue weighted by molar-refractivity contribution is -0.134. The van der Waals surface area contributed by atoms with Gasteiger partial charge in [0.1, 0.15) is 17.3 Å². The summed E-state index contributed by atoms with van der Waals surface area (Å²) in [7, 11) is -3.34. The highest BCUT2D eigenvalue weighted by Gasteiger charge is 2.35. The molecule has 1 saturated heterocycles. The van der Waals surface area contributed by atoms with Crippen LogP contribution in [0.15, 0.2) is 53.7 Å². The maximum absolute atomic E-state index is 14.4. The maximum Gasteiger partial charge on any atom is 0.248 e. The van der Waals surface area contributed by atoms with Crippen LogP contribution >= 0.6 is 0 Å². The van der Waals surface area contributed by atoms with Crippen LogP contribution in [0.25, 0.3) is 0 Å². The first-order valence-corrected chi connectivity index (χ1v) is 15.5. The van der Waals surface area contributed by atoms with Crippen molar-refractivity contribution in [2.75, 3.05) is 39.0 Å². The highest BCUT2D eigenvalue weighted by molar-refractivity contribution is 7.94. The fraction of sp³-hybridized carbons (Fsp3) is 0.517. The number of allylic oxidation sites excluding steroid dienone is 4. The van der Waals surface area contributed by atoms with Crippen molar-refractivity contribution in [1.82, 2.24) is 15.1 Å². The normalized spacial score (nSPS) is 19.1. The third-order valence-corrected chi connectivity index (χ3v) is 8.62. The summed E-state index contributed by atoms with van der Waals surface area (Å²) in [5, 5.41) is 2.62. The Hall–Kier alpha value is -3.12. The molecule has 1 aliphatic carbocycles. The van der Waals surface area contributed by atoms with Crippen LogP contribution < -0.4 is 10.1 Å². The van der Waals surface area contributed by atoms with Gasteiger partial charge in [-0.05, 0) is 61.6 Å². The maximum atomic E-state index is 14.4. The smallest absolute Gasteiger partial charge is 0.248 e. The second kappa shape index (κ2) is 14.2. The first-order valence-electron chi connectivity index (χ1n) is 13.6. The molecule has 1 saturated carbocycles. The number of benzene rings is 1. The van der Waals surface area contributed by atoms with E-state index in [4.69, 9.17) is 4.74 Å². The van der Waals surface area contributed by atoms with Gasteiger partial charge in [0.05, 0.1) is 6.54 Å². The van der Waals surface area contributed by atoms with Crippen LogP contribution in [0.5, 0.6) is 5.75 Å². The van der Waals surface area contributed by atoms with E-state index in [0.717, 1.165) is 6.26 Å². The molecule has 0 spiro atoms. The number of amides is 2. The Morgan fingerprint density at radius 1 is 1.12 bits per heavy atom. The fourth-order valence-electron chi connectivity index (χ4n) is 4.71. The Balaban J connectivity index is 1.46. The molecule has 2 fully saturated rings. The van der Waals surface area contributed by atoms with E-state index in [1.807, 2.05) is 0 Å². The van der Waals surface area contributed by atoms with Gasteiger partial charge in [-0.1, -0.05) is 6.58 Å². The van der Waals surface area contributed by atoms with Gasteiger partial charge in [0, 0.05) is 69.2 Å². The first kappa shape index (κ1) is 32.4. The van der Waals surface area contributed by atoms with Gasteiger partial charge in [0.2, 0.25) is 17.7 Å². The molecule has 0 aromatic heterocycles. The van der Waals surface area contributed by atoms with Gasteiger partial charge in [0.15, 0.2) is 9.84 Å².